The summed E-state index contributed by atoms with van der Waals surface area (Å²) in [7, 11) is 0. The number of esters is 1. The summed E-state index contributed by atoms with van der Waals surface area (Å²) < 4.78 is 4.94. The van der Waals surface area contributed by atoms with Gasteiger partial charge < -0.3 is 15.0 Å². The fourth-order valence-corrected chi connectivity index (χ4v) is 3.57. The molecule has 1 N–H and O–H groups in total. The van der Waals surface area contributed by atoms with Crippen LogP contribution >= 0.6 is 0 Å². The number of amides is 3. The number of cyclic esters (lactones) is 1. The zero-order valence-electron chi connectivity index (χ0n) is 17.7. The van der Waals surface area contributed by atoms with Gasteiger partial charge in [-0.15, -0.1) is 0 Å². The summed E-state index contributed by atoms with van der Waals surface area (Å²) in [5.74, 6) is -1.53. The second-order valence-electron chi connectivity index (χ2n) is 7.55. The molecule has 2 aliphatic heterocycles. The zero-order chi connectivity index (χ0) is 22.4. The minimum Gasteiger partial charge on any atom is -0.463 e. The van der Waals surface area contributed by atoms with Crippen LogP contribution in [0.4, 0.5) is 0 Å². The number of nitrogens with one attached hydrogen (secondary N) is 1. The molecule has 3 rings (SSSR count). The molecule has 0 aromatic heterocycles. The molecule has 0 aliphatic carbocycles. The quantitative estimate of drug-likeness (QED) is 0.395. The molecule has 9 heteroatoms. The number of ether oxygens (including phenoxy) is 1. The van der Waals surface area contributed by atoms with Gasteiger partial charge >= 0.3 is 5.97 Å². The third-order valence-corrected chi connectivity index (χ3v) is 5.10. The average molecular weight is 429 g/mol. The summed E-state index contributed by atoms with van der Waals surface area (Å²) in [6.07, 6.45) is 2.28. The van der Waals surface area contributed by atoms with Gasteiger partial charge in [0.2, 0.25) is 5.91 Å². The summed E-state index contributed by atoms with van der Waals surface area (Å²) in [5, 5.41) is 3.91. The predicted octanol–water partition coefficient (Wildman–Crippen LogP) is 1.06. The molecule has 166 valence electrons. The summed E-state index contributed by atoms with van der Waals surface area (Å²) in [6.45, 7) is 3.94. The van der Waals surface area contributed by atoms with E-state index in [4.69, 9.17) is 9.57 Å². The maximum absolute atomic E-state index is 13.1. The molecule has 1 saturated heterocycles. The Labute approximate surface area is 180 Å². The highest BCUT2D eigenvalue weighted by Gasteiger charge is 2.36. The van der Waals surface area contributed by atoms with E-state index in [2.05, 4.69) is 5.32 Å². The van der Waals surface area contributed by atoms with Crippen LogP contribution in [0.15, 0.2) is 42.0 Å². The van der Waals surface area contributed by atoms with Gasteiger partial charge in [-0.05, 0) is 32.4 Å². The SMILES string of the molecule is CCON(C(=O)CN1CC(C)=CCC(NC(=O)c2ccccc2)C1=O)C1COC(=O)C1. The van der Waals surface area contributed by atoms with Gasteiger partial charge in [-0.2, -0.15) is 0 Å². The van der Waals surface area contributed by atoms with Crippen molar-refractivity contribution < 1.29 is 28.8 Å². The van der Waals surface area contributed by atoms with Crippen LogP contribution in [-0.4, -0.2) is 72.0 Å². The van der Waals surface area contributed by atoms with Crippen LogP contribution in [0.2, 0.25) is 0 Å². The average Bonchev–Trinajstić information content (AvgIpc) is 3.14. The van der Waals surface area contributed by atoms with Gasteiger partial charge in [0.1, 0.15) is 25.2 Å². The maximum Gasteiger partial charge on any atom is 0.308 e. The van der Waals surface area contributed by atoms with Gasteiger partial charge in [-0.1, -0.05) is 29.8 Å². The van der Waals surface area contributed by atoms with Crippen LogP contribution in [0.3, 0.4) is 0 Å². The monoisotopic (exact) mass is 429 g/mol. The smallest absolute Gasteiger partial charge is 0.308 e. The number of carbonyl (C=O) groups is 4. The Bertz CT molecular complexity index is 869. The van der Waals surface area contributed by atoms with Gasteiger partial charge in [0, 0.05) is 12.1 Å². The predicted molar refractivity (Wildman–Crippen MR) is 110 cm³/mol. The summed E-state index contributed by atoms with van der Waals surface area (Å²) in [6, 6.07) is 7.34. The number of hydroxylamine groups is 2. The molecule has 1 aromatic carbocycles. The van der Waals surface area contributed by atoms with Crippen LogP contribution in [0.1, 0.15) is 37.0 Å². The molecule has 2 unspecified atom stereocenters. The standard InChI is InChI=1S/C22H27N3O6/c1-3-31-25(17-11-20(27)30-14-17)19(26)13-24-12-15(2)9-10-18(22(24)29)23-21(28)16-7-5-4-6-8-16/h4-9,17-18H,3,10-14H2,1-2H3,(H,23,28). The lowest BCUT2D eigenvalue weighted by Gasteiger charge is -2.30. The highest BCUT2D eigenvalue weighted by Crippen LogP contribution is 2.17. The van der Waals surface area contributed by atoms with Crippen molar-refractivity contribution in [3.05, 3.63) is 47.5 Å². The van der Waals surface area contributed by atoms with E-state index >= 15 is 0 Å². The first-order valence-corrected chi connectivity index (χ1v) is 10.3. The number of nitrogens with zero attached hydrogens (tertiary/aromatic N) is 2. The zero-order valence-corrected chi connectivity index (χ0v) is 17.7. The van der Waals surface area contributed by atoms with Gasteiger partial charge in [-0.25, -0.2) is 5.06 Å². The Morgan fingerprint density at radius 3 is 2.65 bits per heavy atom. The molecular formula is C22H27N3O6. The fraction of sp³-hybridized carbons (Fsp3) is 0.455. The number of hydrogen-bond donors (Lipinski definition) is 1. The molecule has 0 radical (unpaired) electrons. The highest BCUT2D eigenvalue weighted by molar-refractivity contribution is 5.98. The second-order valence-corrected chi connectivity index (χ2v) is 7.55. The van der Waals surface area contributed by atoms with E-state index in [0.717, 1.165) is 10.6 Å². The van der Waals surface area contributed by atoms with Crippen molar-refractivity contribution in [2.75, 3.05) is 26.3 Å². The Kier molecular flexibility index (Phi) is 7.41. The first kappa shape index (κ1) is 22.5. The Morgan fingerprint density at radius 2 is 2.00 bits per heavy atom. The van der Waals surface area contributed by atoms with Crippen LogP contribution in [0.25, 0.3) is 0 Å². The van der Waals surface area contributed by atoms with E-state index in [1.165, 1.54) is 4.90 Å². The first-order chi connectivity index (χ1) is 14.9. The lowest BCUT2D eigenvalue weighted by atomic mass is 10.1. The minimum atomic E-state index is -0.783. The van der Waals surface area contributed by atoms with E-state index in [0.29, 0.717) is 12.0 Å². The van der Waals surface area contributed by atoms with E-state index in [1.807, 2.05) is 13.0 Å². The Balaban J connectivity index is 1.70. The molecule has 2 atom stereocenters. The van der Waals surface area contributed by atoms with E-state index < -0.39 is 24.0 Å². The number of carbonyl (C=O) groups excluding carboxylic acids is 4. The van der Waals surface area contributed by atoms with Crippen molar-refractivity contribution in [3.63, 3.8) is 0 Å². The molecule has 2 aliphatic rings. The fourth-order valence-electron chi connectivity index (χ4n) is 3.57. The third-order valence-electron chi connectivity index (χ3n) is 5.10. The first-order valence-electron chi connectivity index (χ1n) is 10.3. The van der Waals surface area contributed by atoms with E-state index in [9.17, 15) is 19.2 Å². The number of rotatable bonds is 7. The maximum atomic E-state index is 13.1. The van der Waals surface area contributed by atoms with Crippen molar-refractivity contribution in [2.45, 2.75) is 38.8 Å². The summed E-state index contributed by atoms with van der Waals surface area (Å²) >= 11 is 0. The molecule has 9 nitrogen and oxygen atoms in total. The van der Waals surface area contributed by atoms with E-state index in [1.54, 1.807) is 37.3 Å². The Hall–Kier alpha value is -3.20. The molecule has 2 heterocycles. The molecule has 1 aromatic rings. The molecule has 0 spiro atoms. The summed E-state index contributed by atoms with van der Waals surface area (Å²) in [5.41, 5.74) is 1.37. The number of benzene rings is 1. The van der Waals surface area contributed by atoms with Crippen molar-refractivity contribution in [3.8, 4) is 0 Å². The van der Waals surface area contributed by atoms with Crippen molar-refractivity contribution in [1.29, 1.82) is 0 Å². The van der Waals surface area contributed by atoms with Crippen molar-refractivity contribution in [1.82, 2.24) is 15.3 Å². The van der Waals surface area contributed by atoms with Gasteiger partial charge in [0.05, 0.1) is 13.0 Å². The number of hydrogen-bond acceptors (Lipinski definition) is 6. The molecule has 1 fully saturated rings. The lowest BCUT2D eigenvalue weighted by Crippen LogP contribution is -2.52. The van der Waals surface area contributed by atoms with Crippen LogP contribution in [-0.2, 0) is 24.0 Å². The highest BCUT2D eigenvalue weighted by atomic mass is 16.7. The van der Waals surface area contributed by atoms with Crippen LogP contribution in [0.5, 0.6) is 0 Å². The summed E-state index contributed by atoms with van der Waals surface area (Å²) in [4.78, 5) is 56.9. The molecule has 3 amide bonds. The van der Waals surface area contributed by atoms with Gasteiger partial charge in [0.15, 0.2) is 0 Å². The Morgan fingerprint density at radius 1 is 1.26 bits per heavy atom. The third kappa shape index (κ3) is 5.69. The van der Waals surface area contributed by atoms with Crippen molar-refractivity contribution in [2.24, 2.45) is 0 Å². The molecule has 31 heavy (non-hydrogen) atoms. The molecular weight excluding hydrogens is 402 g/mol. The van der Waals surface area contributed by atoms with Gasteiger partial charge in [-0.3, -0.25) is 24.0 Å². The van der Waals surface area contributed by atoms with Crippen LogP contribution in [0, 0.1) is 0 Å². The second kappa shape index (κ2) is 10.2. The van der Waals surface area contributed by atoms with Gasteiger partial charge in [0.25, 0.3) is 11.8 Å². The largest absolute Gasteiger partial charge is 0.463 e. The topological polar surface area (TPSA) is 105 Å². The van der Waals surface area contributed by atoms with E-state index in [-0.39, 0.29) is 44.5 Å². The van der Waals surface area contributed by atoms with Crippen molar-refractivity contribution >= 4 is 23.7 Å². The molecule has 0 bridgehead atoms. The minimum absolute atomic E-state index is 0.0500. The van der Waals surface area contributed by atoms with Crippen LogP contribution < -0.4 is 5.32 Å². The molecule has 0 saturated carbocycles. The lowest BCUT2D eigenvalue weighted by molar-refractivity contribution is -0.199. The normalized spacial score (nSPS) is 21.2.